The highest BCUT2D eigenvalue weighted by atomic mass is 16.7. The van der Waals surface area contributed by atoms with Gasteiger partial charge in [-0.05, 0) is 25.0 Å². The van der Waals surface area contributed by atoms with Gasteiger partial charge in [0.15, 0.2) is 5.79 Å². The molecule has 1 aliphatic carbocycles. The molecule has 1 aliphatic heterocycles. The Bertz CT molecular complexity index is 549. The van der Waals surface area contributed by atoms with E-state index in [9.17, 15) is 10.1 Å². The summed E-state index contributed by atoms with van der Waals surface area (Å²) < 4.78 is 11.4. The normalized spacial score (nSPS) is 22.6. The molecule has 2 aliphatic rings. The van der Waals surface area contributed by atoms with E-state index in [2.05, 4.69) is 16.4 Å². The molecule has 1 N–H and O–H groups in total. The summed E-state index contributed by atoms with van der Waals surface area (Å²) >= 11 is 0. The Labute approximate surface area is 123 Å². The van der Waals surface area contributed by atoms with Crippen molar-refractivity contribution in [1.29, 1.82) is 5.26 Å². The topological polar surface area (TPSA) is 84.2 Å². The number of aromatic nitrogens is 1. The summed E-state index contributed by atoms with van der Waals surface area (Å²) in [7, 11) is 0. The first-order chi connectivity index (χ1) is 10.2. The summed E-state index contributed by atoms with van der Waals surface area (Å²) in [5, 5.41) is 12.2. The van der Waals surface area contributed by atoms with E-state index in [1.165, 1.54) is 0 Å². The van der Waals surface area contributed by atoms with E-state index in [1.807, 2.05) is 6.07 Å². The molecule has 0 atom stereocenters. The van der Waals surface area contributed by atoms with Gasteiger partial charge >= 0.3 is 0 Å². The summed E-state index contributed by atoms with van der Waals surface area (Å²) in [5.74, 6) is -0.487. The van der Waals surface area contributed by atoms with Crippen LogP contribution in [0.1, 0.15) is 31.4 Å². The fourth-order valence-corrected chi connectivity index (χ4v) is 3.10. The maximum absolute atomic E-state index is 10.4. The Morgan fingerprint density at radius 1 is 1.24 bits per heavy atom. The fraction of sp³-hybridized carbons (Fsp3) is 0.533. The van der Waals surface area contributed by atoms with Gasteiger partial charge in [-0.1, -0.05) is 0 Å². The Hall–Kier alpha value is -1.97. The molecule has 3 rings (SSSR count). The predicted octanol–water partition coefficient (Wildman–Crippen LogP) is 1.73. The van der Waals surface area contributed by atoms with Gasteiger partial charge in [0.2, 0.25) is 6.41 Å². The molecular formula is C15H17N3O3. The van der Waals surface area contributed by atoms with E-state index >= 15 is 0 Å². The summed E-state index contributed by atoms with van der Waals surface area (Å²) in [4.78, 5) is 14.8. The molecule has 110 valence electrons. The molecule has 1 spiro atoms. The summed E-state index contributed by atoms with van der Waals surface area (Å²) in [6, 6.07) is 6.00. The molecule has 6 nitrogen and oxygen atoms in total. The van der Waals surface area contributed by atoms with Gasteiger partial charge in [-0.2, -0.15) is 5.26 Å². The zero-order valence-corrected chi connectivity index (χ0v) is 11.7. The summed E-state index contributed by atoms with van der Waals surface area (Å²) in [6.07, 6.45) is 4.92. The minimum Gasteiger partial charge on any atom is -0.348 e. The highest BCUT2D eigenvalue weighted by molar-refractivity contribution is 5.70. The maximum atomic E-state index is 10.4. The molecule has 2 fully saturated rings. The molecule has 1 aromatic rings. The first-order valence-corrected chi connectivity index (χ1v) is 7.08. The third-order valence-corrected chi connectivity index (χ3v) is 4.37. The van der Waals surface area contributed by atoms with Gasteiger partial charge in [0, 0.05) is 12.8 Å². The van der Waals surface area contributed by atoms with Gasteiger partial charge in [-0.3, -0.25) is 9.78 Å². The van der Waals surface area contributed by atoms with E-state index in [-0.39, 0.29) is 0 Å². The first-order valence-electron chi connectivity index (χ1n) is 7.08. The van der Waals surface area contributed by atoms with E-state index in [4.69, 9.17) is 9.47 Å². The van der Waals surface area contributed by atoms with E-state index in [1.54, 1.807) is 12.3 Å². The van der Waals surface area contributed by atoms with Crippen LogP contribution in [0.25, 0.3) is 0 Å². The number of nitrogens with one attached hydrogen (secondary N) is 1. The zero-order chi connectivity index (χ0) is 14.8. The number of rotatable bonds is 3. The molecule has 2 heterocycles. The van der Waals surface area contributed by atoms with Crippen molar-refractivity contribution >= 4 is 12.1 Å². The average molecular weight is 287 g/mol. The molecule has 0 radical (unpaired) electrons. The Balaban J connectivity index is 1.78. The lowest BCUT2D eigenvalue weighted by Gasteiger charge is -2.39. The van der Waals surface area contributed by atoms with Crippen LogP contribution in [-0.2, 0) is 19.7 Å². The number of nitriles is 1. The van der Waals surface area contributed by atoms with Crippen molar-refractivity contribution in [2.45, 2.75) is 36.9 Å². The van der Waals surface area contributed by atoms with E-state index in [0.29, 0.717) is 51.0 Å². The third-order valence-electron chi connectivity index (χ3n) is 4.37. The number of pyridine rings is 1. The monoisotopic (exact) mass is 287 g/mol. The fourth-order valence-electron chi connectivity index (χ4n) is 3.10. The largest absolute Gasteiger partial charge is 0.348 e. The summed E-state index contributed by atoms with van der Waals surface area (Å²) in [6.45, 7) is 1.26. The van der Waals surface area contributed by atoms with Crippen LogP contribution in [0.2, 0.25) is 0 Å². The standard InChI is InChI=1S/C15H17N3O3/c16-10-14(13-2-1-12(9-17-13)18-11-19)3-5-15(6-4-14)20-7-8-21-15/h1-2,9,11H,3-8H2,(H,18,19). The highest BCUT2D eigenvalue weighted by Crippen LogP contribution is 2.45. The number of nitrogens with zero attached hydrogens (tertiary/aromatic N) is 2. The smallest absolute Gasteiger partial charge is 0.211 e. The van der Waals surface area contributed by atoms with Gasteiger partial charge in [-0.15, -0.1) is 0 Å². The van der Waals surface area contributed by atoms with Crippen LogP contribution in [0.5, 0.6) is 0 Å². The second-order valence-corrected chi connectivity index (χ2v) is 5.50. The molecular weight excluding hydrogens is 270 g/mol. The number of carbonyl (C=O) groups excluding carboxylic acids is 1. The minimum atomic E-state index is -0.597. The number of ether oxygens (including phenoxy) is 2. The SMILES string of the molecule is N#CC1(c2ccc(NC=O)cn2)CCC2(CC1)OCCO2. The lowest BCUT2D eigenvalue weighted by molar-refractivity contribution is -0.182. The van der Waals surface area contributed by atoms with E-state index in [0.717, 1.165) is 5.69 Å². The zero-order valence-electron chi connectivity index (χ0n) is 11.7. The number of carbonyl (C=O) groups is 1. The molecule has 1 amide bonds. The highest BCUT2D eigenvalue weighted by Gasteiger charge is 2.47. The van der Waals surface area contributed by atoms with Gasteiger partial charge < -0.3 is 14.8 Å². The predicted molar refractivity (Wildman–Crippen MR) is 74.3 cm³/mol. The van der Waals surface area contributed by atoms with Gasteiger partial charge in [0.25, 0.3) is 0 Å². The van der Waals surface area contributed by atoms with Crippen molar-refractivity contribution in [2.75, 3.05) is 18.5 Å². The molecule has 6 heteroatoms. The van der Waals surface area contributed by atoms with Gasteiger partial charge in [-0.25, -0.2) is 0 Å². The first kappa shape index (κ1) is 14.0. The van der Waals surface area contributed by atoms with Crippen LogP contribution in [0.3, 0.4) is 0 Å². The van der Waals surface area contributed by atoms with Crippen LogP contribution < -0.4 is 5.32 Å². The van der Waals surface area contributed by atoms with Crippen molar-refractivity contribution in [2.24, 2.45) is 0 Å². The number of hydrogen-bond donors (Lipinski definition) is 1. The second-order valence-electron chi connectivity index (χ2n) is 5.50. The molecule has 1 saturated heterocycles. The molecule has 0 aromatic carbocycles. The van der Waals surface area contributed by atoms with Gasteiger partial charge in [0.05, 0.1) is 42.3 Å². The molecule has 0 bridgehead atoms. The lowest BCUT2D eigenvalue weighted by Crippen LogP contribution is -2.41. The number of amides is 1. The molecule has 1 aromatic heterocycles. The van der Waals surface area contributed by atoms with Crippen molar-refractivity contribution in [1.82, 2.24) is 4.98 Å². The maximum Gasteiger partial charge on any atom is 0.211 e. The van der Waals surface area contributed by atoms with E-state index < -0.39 is 11.2 Å². The van der Waals surface area contributed by atoms with Crippen molar-refractivity contribution < 1.29 is 14.3 Å². The average Bonchev–Trinajstić information content (AvgIpc) is 2.98. The minimum absolute atomic E-state index is 0.487. The van der Waals surface area contributed by atoms with Crippen LogP contribution in [0.4, 0.5) is 5.69 Å². The summed E-state index contributed by atoms with van der Waals surface area (Å²) in [5.41, 5.74) is 0.770. The Morgan fingerprint density at radius 2 is 1.95 bits per heavy atom. The van der Waals surface area contributed by atoms with Crippen LogP contribution in [-0.4, -0.2) is 30.4 Å². The second kappa shape index (κ2) is 5.43. The third kappa shape index (κ3) is 2.50. The van der Waals surface area contributed by atoms with Crippen molar-refractivity contribution in [3.63, 3.8) is 0 Å². The molecule has 0 unspecified atom stereocenters. The number of anilines is 1. The van der Waals surface area contributed by atoms with Crippen LogP contribution in [0.15, 0.2) is 18.3 Å². The Kier molecular flexibility index (Phi) is 3.62. The molecule has 1 saturated carbocycles. The lowest BCUT2D eigenvalue weighted by atomic mass is 9.70. The van der Waals surface area contributed by atoms with Crippen molar-refractivity contribution in [3.05, 3.63) is 24.0 Å². The Morgan fingerprint density at radius 3 is 2.48 bits per heavy atom. The van der Waals surface area contributed by atoms with Crippen LogP contribution in [0, 0.1) is 11.3 Å². The van der Waals surface area contributed by atoms with Crippen LogP contribution >= 0.6 is 0 Å². The van der Waals surface area contributed by atoms with Crippen molar-refractivity contribution in [3.8, 4) is 6.07 Å². The van der Waals surface area contributed by atoms with Gasteiger partial charge in [0.1, 0.15) is 0 Å². The quantitative estimate of drug-likeness (QED) is 0.856. The number of hydrogen-bond acceptors (Lipinski definition) is 5. The molecule has 21 heavy (non-hydrogen) atoms.